The van der Waals surface area contributed by atoms with Crippen molar-refractivity contribution in [2.45, 2.75) is 25.4 Å². The molecule has 1 aliphatic rings. The van der Waals surface area contributed by atoms with Crippen LogP contribution in [0.3, 0.4) is 0 Å². The summed E-state index contributed by atoms with van der Waals surface area (Å²) in [5.74, 6) is 0.632. The van der Waals surface area contributed by atoms with Crippen LogP contribution < -0.4 is 5.32 Å². The number of aromatic nitrogens is 1. The lowest BCUT2D eigenvalue weighted by molar-refractivity contribution is -0.385. The molecule has 0 bridgehead atoms. The molecule has 0 aliphatic carbocycles. The van der Waals surface area contributed by atoms with Crippen LogP contribution in [0.4, 0.5) is 11.5 Å². The molecule has 92 valence electrons. The molecule has 2 heterocycles. The van der Waals surface area contributed by atoms with Gasteiger partial charge in [0.05, 0.1) is 10.5 Å². The highest BCUT2D eigenvalue weighted by molar-refractivity contribution is 5.40. The van der Waals surface area contributed by atoms with E-state index in [0.717, 1.165) is 19.4 Å². The van der Waals surface area contributed by atoms with Gasteiger partial charge in [-0.2, -0.15) is 0 Å². The normalized spacial score (nSPS) is 23.6. The van der Waals surface area contributed by atoms with E-state index in [9.17, 15) is 10.1 Å². The van der Waals surface area contributed by atoms with E-state index >= 15 is 0 Å². The topological polar surface area (TPSA) is 77.3 Å². The molecule has 0 aromatic carbocycles. The second-order valence-corrected chi connectivity index (χ2v) is 4.41. The molecular formula is C11H15N3O3. The van der Waals surface area contributed by atoms with E-state index in [-0.39, 0.29) is 11.3 Å². The molecule has 2 rings (SSSR count). The zero-order chi connectivity index (χ0) is 12.3. The molecule has 1 N–H and O–H groups in total. The average Bonchev–Trinajstić information content (AvgIpc) is 2.75. The maximum absolute atomic E-state index is 10.5. The maximum Gasteiger partial charge on any atom is 0.287 e. The van der Waals surface area contributed by atoms with Gasteiger partial charge in [-0.3, -0.25) is 10.1 Å². The molecule has 1 saturated heterocycles. The van der Waals surface area contributed by atoms with Crippen LogP contribution in [0.15, 0.2) is 18.3 Å². The highest BCUT2D eigenvalue weighted by atomic mass is 16.6. The zero-order valence-electron chi connectivity index (χ0n) is 9.68. The Morgan fingerprint density at radius 1 is 1.65 bits per heavy atom. The minimum atomic E-state index is -0.460. The smallest absolute Gasteiger partial charge is 0.287 e. The van der Waals surface area contributed by atoms with Gasteiger partial charge in [0.1, 0.15) is 12.0 Å². The summed E-state index contributed by atoms with van der Waals surface area (Å²) >= 11 is 0. The summed E-state index contributed by atoms with van der Waals surface area (Å²) in [5.41, 5.74) is -0.150. The number of nitrogens with zero attached hydrogens (tertiary/aromatic N) is 2. The third-order valence-corrected chi connectivity index (χ3v) is 2.90. The van der Waals surface area contributed by atoms with Crippen molar-refractivity contribution < 1.29 is 9.66 Å². The molecule has 0 spiro atoms. The van der Waals surface area contributed by atoms with E-state index < -0.39 is 4.92 Å². The fraction of sp³-hybridized carbons (Fsp3) is 0.545. The standard InChI is InChI=1S/C11H15N3O3/c1-11(5-2-6-17-11)8-13-10-4-3-9(7-12-10)14(15)16/h3-4,7H,2,5-6,8H2,1H3,(H,12,13). The van der Waals surface area contributed by atoms with E-state index in [1.807, 2.05) is 0 Å². The highest BCUT2D eigenvalue weighted by Crippen LogP contribution is 2.25. The molecular weight excluding hydrogens is 222 g/mol. The van der Waals surface area contributed by atoms with E-state index in [0.29, 0.717) is 12.4 Å². The quantitative estimate of drug-likeness (QED) is 0.640. The Bertz CT molecular complexity index is 399. The average molecular weight is 237 g/mol. The zero-order valence-corrected chi connectivity index (χ0v) is 9.68. The molecule has 0 radical (unpaired) electrons. The second kappa shape index (κ2) is 4.67. The number of anilines is 1. The van der Waals surface area contributed by atoms with Crippen molar-refractivity contribution >= 4 is 11.5 Å². The minimum Gasteiger partial charge on any atom is -0.373 e. The Balaban J connectivity index is 1.93. The van der Waals surface area contributed by atoms with Gasteiger partial charge in [0, 0.05) is 19.2 Å². The van der Waals surface area contributed by atoms with Gasteiger partial charge in [-0.25, -0.2) is 4.98 Å². The van der Waals surface area contributed by atoms with Gasteiger partial charge in [-0.05, 0) is 25.8 Å². The summed E-state index contributed by atoms with van der Waals surface area (Å²) < 4.78 is 5.63. The summed E-state index contributed by atoms with van der Waals surface area (Å²) in [6.07, 6.45) is 3.35. The number of hydrogen-bond donors (Lipinski definition) is 1. The van der Waals surface area contributed by atoms with Gasteiger partial charge >= 0.3 is 0 Å². The Morgan fingerprint density at radius 3 is 3.00 bits per heavy atom. The summed E-state index contributed by atoms with van der Waals surface area (Å²) in [6, 6.07) is 3.05. The van der Waals surface area contributed by atoms with Gasteiger partial charge in [0.25, 0.3) is 5.69 Å². The van der Waals surface area contributed by atoms with Gasteiger partial charge in [0.2, 0.25) is 0 Å². The molecule has 1 unspecified atom stereocenters. The van der Waals surface area contributed by atoms with Crippen LogP contribution in [-0.4, -0.2) is 28.7 Å². The van der Waals surface area contributed by atoms with Crippen LogP contribution in [0.1, 0.15) is 19.8 Å². The molecule has 6 heteroatoms. The summed E-state index contributed by atoms with van der Waals surface area (Å²) in [7, 11) is 0. The van der Waals surface area contributed by atoms with E-state index in [2.05, 4.69) is 17.2 Å². The second-order valence-electron chi connectivity index (χ2n) is 4.41. The van der Waals surface area contributed by atoms with Gasteiger partial charge in [-0.1, -0.05) is 0 Å². The lowest BCUT2D eigenvalue weighted by atomic mass is 10.0. The number of hydrogen-bond acceptors (Lipinski definition) is 5. The molecule has 1 atom stereocenters. The van der Waals surface area contributed by atoms with Crippen LogP contribution in [-0.2, 0) is 4.74 Å². The number of nitro groups is 1. The van der Waals surface area contributed by atoms with Crippen molar-refractivity contribution in [1.29, 1.82) is 0 Å². The monoisotopic (exact) mass is 237 g/mol. The Kier molecular flexibility index (Phi) is 3.23. The molecule has 1 aromatic rings. The first-order chi connectivity index (χ1) is 8.09. The van der Waals surface area contributed by atoms with Crippen LogP contribution in [0.5, 0.6) is 0 Å². The minimum absolute atomic E-state index is 0.00104. The fourth-order valence-corrected chi connectivity index (χ4v) is 1.85. The first-order valence-electron chi connectivity index (χ1n) is 5.57. The molecule has 1 aromatic heterocycles. The van der Waals surface area contributed by atoms with E-state index in [1.165, 1.54) is 12.3 Å². The van der Waals surface area contributed by atoms with Crippen LogP contribution in [0.2, 0.25) is 0 Å². The van der Waals surface area contributed by atoms with Crippen molar-refractivity contribution in [3.63, 3.8) is 0 Å². The maximum atomic E-state index is 10.5. The molecule has 1 aliphatic heterocycles. The summed E-state index contributed by atoms with van der Waals surface area (Å²) in [4.78, 5) is 14.0. The summed E-state index contributed by atoms with van der Waals surface area (Å²) in [6.45, 7) is 3.52. The molecule has 0 saturated carbocycles. The number of nitrogens with one attached hydrogen (secondary N) is 1. The first kappa shape index (κ1) is 11.8. The number of pyridine rings is 1. The fourth-order valence-electron chi connectivity index (χ4n) is 1.85. The van der Waals surface area contributed by atoms with Crippen molar-refractivity contribution in [2.75, 3.05) is 18.5 Å². The molecule has 1 fully saturated rings. The van der Waals surface area contributed by atoms with Crippen molar-refractivity contribution in [3.8, 4) is 0 Å². The highest BCUT2D eigenvalue weighted by Gasteiger charge is 2.29. The van der Waals surface area contributed by atoms with Crippen LogP contribution >= 0.6 is 0 Å². The first-order valence-corrected chi connectivity index (χ1v) is 5.57. The predicted molar refractivity (Wildman–Crippen MR) is 63.0 cm³/mol. The predicted octanol–water partition coefficient (Wildman–Crippen LogP) is 1.97. The largest absolute Gasteiger partial charge is 0.373 e. The Labute approximate surface area is 99.2 Å². The number of rotatable bonds is 4. The van der Waals surface area contributed by atoms with Gasteiger partial charge in [0.15, 0.2) is 0 Å². The molecule has 0 amide bonds. The van der Waals surface area contributed by atoms with E-state index in [1.54, 1.807) is 6.07 Å². The number of ether oxygens (including phenoxy) is 1. The van der Waals surface area contributed by atoms with Gasteiger partial charge in [-0.15, -0.1) is 0 Å². The SMILES string of the molecule is CC1(CNc2ccc([N+](=O)[O-])cn2)CCCO1. The van der Waals surface area contributed by atoms with Crippen LogP contribution in [0, 0.1) is 10.1 Å². The Hall–Kier alpha value is -1.69. The van der Waals surface area contributed by atoms with E-state index in [4.69, 9.17) is 4.74 Å². The van der Waals surface area contributed by atoms with Crippen molar-refractivity contribution in [3.05, 3.63) is 28.4 Å². The lowest BCUT2D eigenvalue weighted by Crippen LogP contribution is -2.32. The third-order valence-electron chi connectivity index (χ3n) is 2.90. The van der Waals surface area contributed by atoms with Crippen molar-refractivity contribution in [1.82, 2.24) is 4.98 Å². The summed E-state index contributed by atoms with van der Waals surface area (Å²) in [5, 5.41) is 13.6. The molecule has 17 heavy (non-hydrogen) atoms. The van der Waals surface area contributed by atoms with Gasteiger partial charge < -0.3 is 10.1 Å². The molecule has 6 nitrogen and oxygen atoms in total. The van der Waals surface area contributed by atoms with Crippen molar-refractivity contribution in [2.24, 2.45) is 0 Å². The lowest BCUT2D eigenvalue weighted by Gasteiger charge is -2.23. The van der Waals surface area contributed by atoms with Crippen LogP contribution in [0.25, 0.3) is 0 Å². The third kappa shape index (κ3) is 2.91. The Morgan fingerprint density at radius 2 is 2.47 bits per heavy atom.